The molecule has 0 aromatic carbocycles. The fraction of sp³-hybridized carbons (Fsp3) is 0.615. The van der Waals surface area contributed by atoms with Crippen LogP contribution in [0.1, 0.15) is 0 Å². The zero-order valence-electron chi connectivity index (χ0n) is 11.8. The van der Waals surface area contributed by atoms with Crippen molar-refractivity contribution in [3.63, 3.8) is 0 Å². The van der Waals surface area contributed by atoms with Crippen molar-refractivity contribution in [2.24, 2.45) is 0 Å². The van der Waals surface area contributed by atoms with Crippen LogP contribution in [-0.4, -0.2) is 69.2 Å². The summed E-state index contributed by atoms with van der Waals surface area (Å²) in [6, 6.07) is 6.07. The molecule has 5 heteroatoms. The normalized spacial score (nSPS) is 10.6. The molecule has 0 aliphatic heterocycles. The summed E-state index contributed by atoms with van der Waals surface area (Å²) in [6.07, 6.45) is 1.85. The molecule has 0 bridgehead atoms. The molecule has 104 valence electrons. The summed E-state index contributed by atoms with van der Waals surface area (Å²) in [5.41, 5.74) is 0. The highest BCUT2D eigenvalue weighted by Gasteiger charge is 2.07. The van der Waals surface area contributed by atoms with E-state index in [1.54, 1.807) is 0 Å². The van der Waals surface area contributed by atoms with Crippen LogP contribution in [0.15, 0.2) is 24.4 Å². The lowest BCUT2D eigenvalue weighted by Crippen LogP contribution is -2.37. The smallest absolute Gasteiger partial charge is 0.128 e. The van der Waals surface area contributed by atoms with E-state index in [9.17, 15) is 0 Å². The summed E-state index contributed by atoms with van der Waals surface area (Å²) in [5, 5.41) is 0. The third-order valence-corrected chi connectivity index (χ3v) is 2.61. The summed E-state index contributed by atoms with van der Waals surface area (Å²) in [4.78, 5) is 11.2. The van der Waals surface area contributed by atoms with Crippen LogP contribution in [0.25, 0.3) is 0 Å². The van der Waals surface area contributed by atoms with Gasteiger partial charge in [0, 0.05) is 32.4 Å². The zero-order valence-corrected chi connectivity index (χ0v) is 12.7. The molecule has 0 fully saturated rings. The van der Waals surface area contributed by atoms with Crippen LogP contribution in [0.2, 0.25) is 0 Å². The van der Waals surface area contributed by atoms with Crippen molar-refractivity contribution >= 4 is 18.2 Å². The predicted molar refractivity (Wildman–Crippen MR) is 80.8 cm³/mol. The summed E-state index contributed by atoms with van der Waals surface area (Å²) >= 11 is 0. The Morgan fingerprint density at radius 3 is 1.83 bits per heavy atom. The first-order valence-corrected chi connectivity index (χ1v) is 6.05. The van der Waals surface area contributed by atoms with Gasteiger partial charge < -0.3 is 14.7 Å². The molecule has 0 N–H and O–H groups in total. The van der Waals surface area contributed by atoms with E-state index in [0.717, 1.165) is 32.0 Å². The molecule has 0 saturated heterocycles. The molecular weight excluding hydrogens is 248 g/mol. The second kappa shape index (κ2) is 9.14. The van der Waals surface area contributed by atoms with Crippen molar-refractivity contribution in [2.45, 2.75) is 0 Å². The van der Waals surface area contributed by atoms with E-state index in [4.69, 9.17) is 0 Å². The maximum atomic E-state index is 4.42. The molecule has 1 heterocycles. The number of halogens is 1. The Hall–Kier alpha value is -0.840. The van der Waals surface area contributed by atoms with E-state index in [2.05, 4.69) is 53.9 Å². The van der Waals surface area contributed by atoms with Crippen molar-refractivity contribution in [1.29, 1.82) is 0 Å². The molecule has 0 amide bonds. The molecule has 1 aromatic heterocycles. The van der Waals surface area contributed by atoms with Crippen LogP contribution >= 0.6 is 12.4 Å². The number of nitrogens with zero attached hydrogens (tertiary/aromatic N) is 4. The first-order valence-electron chi connectivity index (χ1n) is 6.05. The average Bonchev–Trinajstić information content (AvgIpc) is 2.29. The lowest BCUT2D eigenvalue weighted by Gasteiger charge is -2.26. The average molecular weight is 273 g/mol. The van der Waals surface area contributed by atoms with Crippen LogP contribution in [0.3, 0.4) is 0 Å². The van der Waals surface area contributed by atoms with E-state index >= 15 is 0 Å². The van der Waals surface area contributed by atoms with Gasteiger partial charge in [0.05, 0.1) is 0 Å². The lowest BCUT2D eigenvalue weighted by atomic mass is 10.3. The fourth-order valence-corrected chi connectivity index (χ4v) is 1.52. The highest BCUT2D eigenvalue weighted by molar-refractivity contribution is 5.85. The molecule has 0 unspecified atom stereocenters. The Labute approximate surface area is 117 Å². The lowest BCUT2D eigenvalue weighted by molar-refractivity contribution is 0.390. The molecule has 1 aromatic rings. The van der Waals surface area contributed by atoms with Crippen LogP contribution in [0.4, 0.5) is 5.82 Å². The highest BCUT2D eigenvalue weighted by atomic mass is 35.5. The number of rotatable bonds is 7. The standard InChI is InChI=1S/C13H24N4.ClH/c1-15(2)9-11-17(12-10-16(3)4)13-7-5-6-8-14-13;/h5-8H,9-12H2,1-4H3;1H. The van der Waals surface area contributed by atoms with Gasteiger partial charge in [-0.3, -0.25) is 0 Å². The minimum Gasteiger partial charge on any atom is -0.354 e. The SMILES string of the molecule is CN(C)CCN(CCN(C)C)c1ccccn1.Cl. The quantitative estimate of drug-likeness (QED) is 0.749. The first-order chi connectivity index (χ1) is 8.09. The number of likely N-dealkylation sites (N-methyl/N-ethyl adjacent to an activating group) is 2. The van der Waals surface area contributed by atoms with Crippen LogP contribution < -0.4 is 4.90 Å². The molecule has 0 aliphatic carbocycles. The second-order valence-corrected chi connectivity index (χ2v) is 4.78. The monoisotopic (exact) mass is 272 g/mol. The molecule has 0 spiro atoms. The largest absolute Gasteiger partial charge is 0.354 e. The van der Waals surface area contributed by atoms with Gasteiger partial charge in [-0.1, -0.05) is 6.07 Å². The molecule has 0 saturated carbocycles. The number of hydrogen-bond acceptors (Lipinski definition) is 4. The van der Waals surface area contributed by atoms with Gasteiger partial charge >= 0.3 is 0 Å². The van der Waals surface area contributed by atoms with Gasteiger partial charge in [-0.25, -0.2) is 4.98 Å². The molecule has 0 aliphatic rings. The Bertz CT molecular complexity index is 291. The third-order valence-electron chi connectivity index (χ3n) is 2.61. The Balaban J connectivity index is 0.00000289. The van der Waals surface area contributed by atoms with E-state index in [-0.39, 0.29) is 12.4 Å². The number of anilines is 1. The van der Waals surface area contributed by atoms with Gasteiger partial charge in [0.1, 0.15) is 5.82 Å². The van der Waals surface area contributed by atoms with Crippen molar-refractivity contribution < 1.29 is 0 Å². The van der Waals surface area contributed by atoms with Gasteiger partial charge in [0.2, 0.25) is 0 Å². The topological polar surface area (TPSA) is 22.6 Å². The Kier molecular flexibility index (Phi) is 8.71. The maximum absolute atomic E-state index is 4.42. The first kappa shape index (κ1) is 17.2. The Morgan fingerprint density at radius 2 is 1.44 bits per heavy atom. The van der Waals surface area contributed by atoms with Crippen molar-refractivity contribution in [1.82, 2.24) is 14.8 Å². The minimum absolute atomic E-state index is 0. The minimum atomic E-state index is 0. The van der Waals surface area contributed by atoms with Crippen molar-refractivity contribution in [2.75, 3.05) is 59.3 Å². The second-order valence-electron chi connectivity index (χ2n) is 4.78. The maximum Gasteiger partial charge on any atom is 0.128 e. The third kappa shape index (κ3) is 6.79. The van der Waals surface area contributed by atoms with E-state index < -0.39 is 0 Å². The molecule has 0 radical (unpaired) electrons. The molecular formula is C13H25ClN4. The molecule has 4 nitrogen and oxygen atoms in total. The van der Waals surface area contributed by atoms with Gasteiger partial charge in [-0.15, -0.1) is 12.4 Å². The highest BCUT2D eigenvalue weighted by Crippen LogP contribution is 2.08. The van der Waals surface area contributed by atoms with Crippen LogP contribution in [0, 0.1) is 0 Å². The van der Waals surface area contributed by atoms with Crippen LogP contribution in [-0.2, 0) is 0 Å². The van der Waals surface area contributed by atoms with Crippen molar-refractivity contribution in [3.05, 3.63) is 24.4 Å². The van der Waals surface area contributed by atoms with Gasteiger partial charge in [-0.05, 0) is 40.3 Å². The van der Waals surface area contributed by atoms with E-state index in [0.29, 0.717) is 0 Å². The molecule has 0 atom stereocenters. The summed E-state index contributed by atoms with van der Waals surface area (Å²) < 4.78 is 0. The number of pyridine rings is 1. The number of hydrogen-bond donors (Lipinski definition) is 0. The number of aromatic nitrogens is 1. The summed E-state index contributed by atoms with van der Waals surface area (Å²) in [5.74, 6) is 1.07. The van der Waals surface area contributed by atoms with E-state index in [1.807, 2.05) is 18.3 Å². The van der Waals surface area contributed by atoms with Crippen molar-refractivity contribution in [3.8, 4) is 0 Å². The molecule has 1 rings (SSSR count). The van der Waals surface area contributed by atoms with E-state index in [1.165, 1.54) is 0 Å². The summed E-state index contributed by atoms with van der Waals surface area (Å²) in [7, 11) is 8.40. The zero-order chi connectivity index (χ0) is 12.7. The van der Waals surface area contributed by atoms with Crippen LogP contribution in [0.5, 0.6) is 0 Å². The fourth-order valence-electron chi connectivity index (χ4n) is 1.52. The predicted octanol–water partition coefficient (Wildman–Crippen LogP) is 1.43. The van der Waals surface area contributed by atoms with Gasteiger partial charge in [0.25, 0.3) is 0 Å². The van der Waals surface area contributed by atoms with Gasteiger partial charge in [-0.2, -0.15) is 0 Å². The van der Waals surface area contributed by atoms with Gasteiger partial charge in [0.15, 0.2) is 0 Å². The summed E-state index contributed by atoms with van der Waals surface area (Å²) in [6.45, 7) is 4.11. The Morgan fingerprint density at radius 1 is 0.889 bits per heavy atom. The molecule has 18 heavy (non-hydrogen) atoms.